The molecule has 0 spiro atoms. The molecule has 3 aromatic rings. The van der Waals surface area contributed by atoms with Crippen LogP contribution in [0.1, 0.15) is 24.2 Å². The Morgan fingerprint density at radius 1 is 1.12 bits per heavy atom. The highest BCUT2D eigenvalue weighted by Gasteiger charge is 2.21. The number of ether oxygens (including phenoxy) is 2. The van der Waals surface area contributed by atoms with Gasteiger partial charge in [0, 0.05) is 22.8 Å². The predicted molar refractivity (Wildman–Crippen MR) is 99.4 cm³/mol. The lowest BCUT2D eigenvalue weighted by molar-refractivity contribution is -0.123. The quantitative estimate of drug-likeness (QED) is 0.662. The summed E-state index contributed by atoms with van der Waals surface area (Å²) in [6.45, 7) is 4.02. The molecule has 1 heterocycles. The van der Waals surface area contributed by atoms with Crippen LogP contribution in [0.15, 0.2) is 54.7 Å². The average Bonchev–Trinajstić information content (AvgIpc) is 3.07. The van der Waals surface area contributed by atoms with Gasteiger partial charge in [0.15, 0.2) is 6.10 Å². The molecular formula is C20H20N2O4. The van der Waals surface area contributed by atoms with E-state index in [0.717, 1.165) is 16.7 Å². The highest BCUT2D eigenvalue weighted by Crippen LogP contribution is 2.20. The fraction of sp³-hybridized carbons (Fsp3) is 0.200. The number of hydrogen-bond acceptors (Lipinski definition) is 4. The van der Waals surface area contributed by atoms with Crippen LogP contribution < -0.4 is 10.1 Å². The first-order chi connectivity index (χ1) is 12.6. The largest absolute Gasteiger partial charge is 0.494 e. The summed E-state index contributed by atoms with van der Waals surface area (Å²) < 4.78 is 10.7. The summed E-state index contributed by atoms with van der Waals surface area (Å²) in [6.07, 6.45) is 0.659. The van der Waals surface area contributed by atoms with Gasteiger partial charge in [-0.25, -0.2) is 4.79 Å². The maximum absolute atomic E-state index is 12.4. The van der Waals surface area contributed by atoms with Crippen molar-refractivity contribution >= 4 is 28.5 Å². The molecule has 0 aliphatic rings. The maximum Gasteiger partial charge on any atom is 0.341 e. The number of nitrogens with one attached hydrogen (secondary N) is 2. The Bertz CT molecular complexity index is 915. The monoisotopic (exact) mass is 352 g/mol. The lowest BCUT2D eigenvalue weighted by Gasteiger charge is -2.13. The van der Waals surface area contributed by atoms with E-state index in [1.165, 1.54) is 6.92 Å². The van der Waals surface area contributed by atoms with Gasteiger partial charge in [-0.05, 0) is 44.2 Å². The van der Waals surface area contributed by atoms with Gasteiger partial charge in [0.2, 0.25) is 0 Å². The number of carbonyl (C=O) groups is 2. The summed E-state index contributed by atoms with van der Waals surface area (Å²) in [5.74, 6) is -0.219. The van der Waals surface area contributed by atoms with Gasteiger partial charge in [-0.3, -0.25) is 4.79 Å². The minimum absolute atomic E-state index is 0.401. The molecule has 0 aliphatic heterocycles. The number of amides is 1. The van der Waals surface area contributed by atoms with E-state index < -0.39 is 18.0 Å². The molecule has 0 unspecified atom stereocenters. The smallest absolute Gasteiger partial charge is 0.341 e. The number of esters is 1. The zero-order valence-electron chi connectivity index (χ0n) is 14.6. The number of aromatic nitrogens is 1. The second-order valence-electron chi connectivity index (χ2n) is 5.74. The number of rotatable bonds is 6. The number of carbonyl (C=O) groups excluding carboxylic acids is 2. The number of anilines is 1. The van der Waals surface area contributed by atoms with Crippen molar-refractivity contribution in [1.29, 1.82) is 0 Å². The van der Waals surface area contributed by atoms with Crippen molar-refractivity contribution in [2.75, 3.05) is 11.9 Å². The summed E-state index contributed by atoms with van der Waals surface area (Å²) in [5, 5.41) is 3.48. The van der Waals surface area contributed by atoms with E-state index in [0.29, 0.717) is 17.9 Å². The van der Waals surface area contributed by atoms with Crippen molar-refractivity contribution in [2.24, 2.45) is 0 Å². The van der Waals surface area contributed by atoms with Crippen molar-refractivity contribution in [2.45, 2.75) is 20.0 Å². The molecule has 1 atom stereocenters. The Kier molecular flexibility index (Phi) is 5.22. The normalized spacial score (nSPS) is 11.8. The molecule has 6 nitrogen and oxygen atoms in total. The van der Waals surface area contributed by atoms with Gasteiger partial charge in [-0.2, -0.15) is 0 Å². The molecule has 1 aromatic heterocycles. The zero-order chi connectivity index (χ0) is 18.5. The van der Waals surface area contributed by atoms with Gasteiger partial charge in [0.1, 0.15) is 5.75 Å². The molecule has 26 heavy (non-hydrogen) atoms. The summed E-state index contributed by atoms with van der Waals surface area (Å²) in [7, 11) is 0. The third-order valence-electron chi connectivity index (χ3n) is 3.90. The summed E-state index contributed by atoms with van der Waals surface area (Å²) in [5.41, 5.74) is 1.85. The Hall–Kier alpha value is -3.28. The maximum atomic E-state index is 12.4. The second kappa shape index (κ2) is 7.74. The summed E-state index contributed by atoms with van der Waals surface area (Å²) in [6, 6.07) is 14.4. The molecule has 6 heteroatoms. The molecular weight excluding hydrogens is 332 g/mol. The van der Waals surface area contributed by atoms with Gasteiger partial charge in [0.25, 0.3) is 5.91 Å². The predicted octanol–water partition coefficient (Wildman–Crippen LogP) is 3.75. The van der Waals surface area contributed by atoms with Gasteiger partial charge >= 0.3 is 5.97 Å². The van der Waals surface area contributed by atoms with Crippen molar-refractivity contribution in [1.82, 2.24) is 4.98 Å². The standard InChI is InChI=1S/C20H20N2O4/c1-3-25-15-10-8-14(9-11-15)22-19(23)13(2)26-20(24)17-12-21-18-7-5-4-6-16(17)18/h4-13,21H,3H2,1-2H3,(H,22,23)/t13-/m1/s1. The van der Waals surface area contributed by atoms with Crippen LogP contribution in [0.4, 0.5) is 5.69 Å². The molecule has 0 aliphatic carbocycles. The van der Waals surface area contributed by atoms with Gasteiger partial charge < -0.3 is 19.8 Å². The molecule has 2 N–H and O–H groups in total. The van der Waals surface area contributed by atoms with Crippen molar-refractivity contribution in [3.63, 3.8) is 0 Å². The number of aromatic amines is 1. The Labute approximate surface area is 151 Å². The van der Waals surface area contributed by atoms with Crippen molar-refractivity contribution in [3.05, 3.63) is 60.3 Å². The second-order valence-corrected chi connectivity index (χ2v) is 5.74. The number of H-pyrrole nitrogens is 1. The Balaban J connectivity index is 1.62. The molecule has 0 fully saturated rings. The van der Waals surface area contributed by atoms with Crippen LogP contribution in [-0.4, -0.2) is 29.6 Å². The molecule has 0 radical (unpaired) electrons. The Morgan fingerprint density at radius 2 is 1.85 bits per heavy atom. The van der Waals surface area contributed by atoms with Crippen molar-refractivity contribution in [3.8, 4) is 5.75 Å². The first-order valence-corrected chi connectivity index (χ1v) is 8.39. The third-order valence-corrected chi connectivity index (χ3v) is 3.90. The number of fused-ring (bicyclic) bond motifs is 1. The van der Waals surface area contributed by atoms with E-state index in [9.17, 15) is 9.59 Å². The van der Waals surface area contributed by atoms with Gasteiger partial charge in [-0.1, -0.05) is 18.2 Å². The minimum Gasteiger partial charge on any atom is -0.494 e. The van der Waals surface area contributed by atoms with E-state index in [1.807, 2.05) is 31.2 Å². The van der Waals surface area contributed by atoms with Crippen LogP contribution >= 0.6 is 0 Å². The van der Waals surface area contributed by atoms with Crippen LogP contribution in [0.25, 0.3) is 10.9 Å². The Morgan fingerprint density at radius 3 is 2.58 bits per heavy atom. The third kappa shape index (κ3) is 3.85. The fourth-order valence-corrected chi connectivity index (χ4v) is 2.56. The highest BCUT2D eigenvalue weighted by atomic mass is 16.5. The zero-order valence-corrected chi connectivity index (χ0v) is 14.6. The lowest BCUT2D eigenvalue weighted by atomic mass is 10.2. The lowest BCUT2D eigenvalue weighted by Crippen LogP contribution is -2.29. The summed E-state index contributed by atoms with van der Waals surface area (Å²) >= 11 is 0. The van der Waals surface area contributed by atoms with Crippen LogP contribution in [-0.2, 0) is 9.53 Å². The molecule has 0 saturated heterocycles. The molecule has 2 aromatic carbocycles. The van der Waals surface area contributed by atoms with Crippen LogP contribution in [0.2, 0.25) is 0 Å². The molecule has 0 saturated carbocycles. The molecule has 0 bridgehead atoms. The molecule has 3 rings (SSSR count). The van der Waals surface area contributed by atoms with E-state index in [2.05, 4.69) is 10.3 Å². The first-order valence-electron chi connectivity index (χ1n) is 8.39. The number of para-hydroxylation sites is 1. The minimum atomic E-state index is -0.928. The van der Waals surface area contributed by atoms with Crippen molar-refractivity contribution < 1.29 is 19.1 Å². The molecule has 1 amide bonds. The summed E-state index contributed by atoms with van der Waals surface area (Å²) in [4.78, 5) is 27.6. The number of benzene rings is 2. The van der Waals surface area contributed by atoms with E-state index in [1.54, 1.807) is 30.5 Å². The number of hydrogen-bond donors (Lipinski definition) is 2. The van der Waals surface area contributed by atoms with Gasteiger partial charge in [0.05, 0.1) is 12.2 Å². The topological polar surface area (TPSA) is 80.4 Å². The molecule has 134 valence electrons. The van der Waals surface area contributed by atoms with E-state index in [-0.39, 0.29) is 0 Å². The fourth-order valence-electron chi connectivity index (χ4n) is 2.56. The van der Waals surface area contributed by atoms with Crippen LogP contribution in [0.5, 0.6) is 5.75 Å². The van der Waals surface area contributed by atoms with Crippen LogP contribution in [0, 0.1) is 0 Å². The van der Waals surface area contributed by atoms with E-state index in [4.69, 9.17) is 9.47 Å². The SMILES string of the molecule is CCOc1ccc(NC(=O)[C@@H](C)OC(=O)c2c[nH]c3ccccc23)cc1. The van der Waals surface area contributed by atoms with Gasteiger partial charge in [-0.15, -0.1) is 0 Å². The van der Waals surface area contributed by atoms with Crippen LogP contribution in [0.3, 0.4) is 0 Å². The average molecular weight is 352 g/mol. The van der Waals surface area contributed by atoms with E-state index >= 15 is 0 Å². The first kappa shape index (κ1) is 17.5. The highest BCUT2D eigenvalue weighted by molar-refractivity contribution is 6.05.